The van der Waals surface area contributed by atoms with Crippen molar-refractivity contribution in [3.8, 4) is 0 Å². The van der Waals surface area contributed by atoms with Crippen molar-refractivity contribution < 1.29 is 18.0 Å². The third-order valence-electron chi connectivity index (χ3n) is 7.17. The molecule has 0 aromatic heterocycles. The number of carbonyl (C=O) groups excluding carboxylic acids is 2. The van der Waals surface area contributed by atoms with Gasteiger partial charge in [-0.15, -0.1) is 0 Å². The molecule has 2 amide bonds. The Balaban J connectivity index is 1.79. The summed E-state index contributed by atoms with van der Waals surface area (Å²) in [4.78, 5) is 29.8. The van der Waals surface area contributed by atoms with Crippen LogP contribution < -0.4 is 9.62 Å². The molecule has 0 saturated heterocycles. The lowest BCUT2D eigenvalue weighted by Crippen LogP contribution is -2.54. The van der Waals surface area contributed by atoms with Crippen molar-refractivity contribution in [1.29, 1.82) is 0 Å². The number of anilines is 1. The van der Waals surface area contributed by atoms with Crippen molar-refractivity contribution in [2.45, 2.75) is 50.2 Å². The Hall–Kier alpha value is -3.95. The molecule has 7 nitrogen and oxygen atoms in total. The minimum atomic E-state index is -4.14. The molecule has 0 spiro atoms. The molecule has 0 aliphatic heterocycles. The number of hydrogen-bond donors (Lipinski definition) is 1. The van der Waals surface area contributed by atoms with Gasteiger partial charge in [0, 0.05) is 23.5 Å². The fourth-order valence-electron chi connectivity index (χ4n) is 4.65. The number of hydrogen-bond acceptors (Lipinski definition) is 4. The van der Waals surface area contributed by atoms with E-state index in [4.69, 9.17) is 0 Å². The number of halogens is 1. The molecule has 43 heavy (non-hydrogen) atoms. The van der Waals surface area contributed by atoms with Gasteiger partial charge in [-0.3, -0.25) is 13.9 Å². The van der Waals surface area contributed by atoms with Gasteiger partial charge in [0.05, 0.1) is 10.6 Å². The van der Waals surface area contributed by atoms with Gasteiger partial charge in [0.25, 0.3) is 10.0 Å². The Bertz CT molecular complexity index is 1600. The average molecular weight is 663 g/mol. The third-order valence-corrected chi connectivity index (χ3v) is 9.46. The maximum absolute atomic E-state index is 14.4. The van der Waals surface area contributed by atoms with E-state index in [9.17, 15) is 18.0 Å². The summed E-state index contributed by atoms with van der Waals surface area (Å²) in [6.45, 7) is 3.53. The van der Waals surface area contributed by atoms with E-state index in [1.165, 1.54) is 17.0 Å². The molecule has 0 fully saturated rings. The topological polar surface area (TPSA) is 86.8 Å². The van der Waals surface area contributed by atoms with Crippen LogP contribution in [0.4, 0.5) is 5.69 Å². The zero-order valence-corrected chi connectivity index (χ0v) is 26.7. The van der Waals surface area contributed by atoms with Gasteiger partial charge < -0.3 is 10.2 Å². The minimum absolute atomic E-state index is 0.0627. The Labute approximate surface area is 262 Å². The molecule has 0 aliphatic rings. The molecular weight excluding hydrogens is 626 g/mol. The molecule has 0 heterocycles. The second-order valence-corrected chi connectivity index (χ2v) is 13.1. The summed E-state index contributed by atoms with van der Waals surface area (Å²) < 4.78 is 29.8. The lowest BCUT2D eigenvalue weighted by molar-refractivity contribution is -0.140. The van der Waals surface area contributed by atoms with E-state index in [0.717, 1.165) is 21.9 Å². The van der Waals surface area contributed by atoms with E-state index in [-0.39, 0.29) is 29.8 Å². The molecule has 4 rings (SSSR count). The highest BCUT2D eigenvalue weighted by Gasteiger charge is 2.35. The molecule has 2 atom stereocenters. The molecule has 0 saturated carbocycles. The van der Waals surface area contributed by atoms with Crippen LogP contribution in [0.3, 0.4) is 0 Å². The lowest BCUT2D eigenvalue weighted by Gasteiger charge is -2.34. The van der Waals surface area contributed by atoms with E-state index in [1.54, 1.807) is 42.5 Å². The number of amides is 2. The zero-order chi connectivity index (χ0) is 30.8. The Morgan fingerprint density at radius 3 is 1.98 bits per heavy atom. The Morgan fingerprint density at radius 2 is 1.40 bits per heavy atom. The van der Waals surface area contributed by atoms with Gasteiger partial charge in [-0.2, -0.15) is 0 Å². The number of nitrogens with one attached hydrogen (secondary N) is 1. The summed E-state index contributed by atoms with van der Waals surface area (Å²) in [7, 11) is -4.14. The monoisotopic (exact) mass is 661 g/mol. The number of benzene rings is 4. The molecule has 9 heteroatoms. The molecule has 4 aromatic rings. The standard InChI is InChI=1S/C34H36BrN3O4S/c1-3-26(2)36-34(40)32(22-27-14-7-4-8-15-27)37(24-28-16-9-5-10-17-28)33(39)25-38(30-19-13-18-29(35)23-30)43(41,42)31-20-11-6-12-21-31/h4-21,23,26,32H,3,22,24-25H2,1-2H3,(H,36,40)/t26-,32-/m1/s1. The molecule has 0 bridgehead atoms. The van der Waals surface area contributed by atoms with Crippen molar-refractivity contribution in [2.24, 2.45) is 0 Å². The van der Waals surface area contributed by atoms with Crippen LogP contribution >= 0.6 is 15.9 Å². The van der Waals surface area contributed by atoms with Crippen LogP contribution in [0.2, 0.25) is 0 Å². The average Bonchev–Trinajstić information content (AvgIpc) is 3.02. The predicted octanol–water partition coefficient (Wildman–Crippen LogP) is 6.20. The van der Waals surface area contributed by atoms with Crippen LogP contribution in [0.25, 0.3) is 0 Å². The van der Waals surface area contributed by atoms with E-state index in [0.29, 0.717) is 10.2 Å². The second kappa shape index (κ2) is 15.0. The van der Waals surface area contributed by atoms with Gasteiger partial charge in [0.1, 0.15) is 12.6 Å². The van der Waals surface area contributed by atoms with Crippen LogP contribution in [0.5, 0.6) is 0 Å². The Kier molecular flexibility index (Phi) is 11.1. The number of carbonyl (C=O) groups is 2. The maximum Gasteiger partial charge on any atom is 0.264 e. The smallest absolute Gasteiger partial charge is 0.264 e. The molecule has 224 valence electrons. The van der Waals surface area contributed by atoms with E-state index < -0.39 is 28.5 Å². The molecule has 0 unspecified atom stereocenters. The van der Waals surface area contributed by atoms with Gasteiger partial charge in [-0.05, 0) is 54.8 Å². The highest BCUT2D eigenvalue weighted by Crippen LogP contribution is 2.27. The van der Waals surface area contributed by atoms with Crippen molar-refractivity contribution >= 4 is 43.5 Å². The predicted molar refractivity (Wildman–Crippen MR) is 174 cm³/mol. The minimum Gasteiger partial charge on any atom is -0.352 e. The first-order valence-corrected chi connectivity index (χ1v) is 16.4. The van der Waals surface area contributed by atoms with Crippen LogP contribution in [0.1, 0.15) is 31.4 Å². The van der Waals surface area contributed by atoms with Gasteiger partial charge >= 0.3 is 0 Å². The summed E-state index contributed by atoms with van der Waals surface area (Å²) in [5.41, 5.74) is 2.04. The third kappa shape index (κ3) is 8.55. The molecular formula is C34H36BrN3O4S. The lowest BCUT2D eigenvalue weighted by atomic mass is 10.0. The van der Waals surface area contributed by atoms with Gasteiger partial charge in [0.15, 0.2) is 0 Å². The first kappa shape index (κ1) is 32.0. The highest BCUT2D eigenvalue weighted by molar-refractivity contribution is 9.10. The highest BCUT2D eigenvalue weighted by atomic mass is 79.9. The van der Waals surface area contributed by atoms with Gasteiger partial charge in [0.2, 0.25) is 11.8 Å². The van der Waals surface area contributed by atoms with Crippen molar-refractivity contribution in [3.63, 3.8) is 0 Å². The first-order valence-electron chi connectivity index (χ1n) is 14.2. The van der Waals surface area contributed by atoms with Crippen LogP contribution in [-0.4, -0.2) is 43.8 Å². The molecule has 0 radical (unpaired) electrons. The van der Waals surface area contributed by atoms with Crippen LogP contribution in [0.15, 0.2) is 125 Å². The summed E-state index contributed by atoms with van der Waals surface area (Å²) in [5, 5.41) is 3.05. The maximum atomic E-state index is 14.4. The number of rotatable bonds is 13. The Morgan fingerprint density at radius 1 is 0.814 bits per heavy atom. The fraction of sp³-hybridized carbons (Fsp3) is 0.235. The van der Waals surface area contributed by atoms with Crippen LogP contribution in [0, 0.1) is 0 Å². The summed E-state index contributed by atoms with van der Waals surface area (Å²) in [6, 6.07) is 32.8. The van der Waals surface area contributed by atoms with E-state index >= 15 is 0 Å². The zero-order valence-electron chi connectivity index (χ0n) is 24.3. The van der Waals surface area contributed by atoms with Crippen molar-refractivity contribution in [2.75, 3.05) is 10.8 Å². The number of nitrogens with zero attached hydrogens (tertiary/aromatic N) is 2. The summed E-state index contributed by atoms with van der Waals surface area (Å²) >= 11 is 3.43. The fourth-order valence-corrected chi connectivity index (χ4v) is 6.47. The number of sulfonamides is 1. The largest absolute Gasteiger partial charge is 0.352 e. The molecule has 0 aliphatic carbocycles. The second-order valence-electron chi connectivity index (χ2n) is 10.3. The van der Waals surface area contributed by atoms with Crippen molar-refractivity contribution in [3.05, 3.63) is 131 Å². The SMILES string of the molecule is CC[C@@H](C)NC(=O)[C@@H](Cc1ccccc1)N(Cc1ccccc1)C(=O)CN(c1cccc(Br)c1)S(=O)(=O)c1ccccc1. The summed E-state index contributed by atoms with van der Waals surface area (Å²) in [6.07, 6.45) is 0.992. The first-order chi connectivity index (χ1) is 20.7. The quantitative estimate of drug-likeness (QED) is 0.185. The van der Waals surface area contributed by atoms with Crippen LogP contribution in [-0.2, 0) is 32.6 Å². The van der Waals surface area contributed by atoms with Gasteiger partial charge in [-0.1, -0.05) is 108 Å². The molecule has 4 aromatic carbocycles. The van der Waals surface area contributed by atoms with Gasteiger partial charge in [-0.25, -0.2) is 8.42 Å². The van der Waals surface area contributed by atoms with E-state index in [2.05, 4.69) is 21.2 Å². The van der Waals surface area contributed by atoms with Crippen molar-refractivity contribution in [1.82, 2.24) is 10.2 Å². The van der Waals surface area contributed by atoms with E-state index in [1.807, 2.05) is 74.5 Å². The molecule has 1 N–H and O–H groups in total. The normalized spacial score (nSPS) is 12.6. The summed E-state index contributed by atoms with van der Waals surface area (Å²) in [5.74, 6) is -0.786.